The lowest BCUT2D eigenvalue weighted by molar-refractivity contribution is 0.554. The highest BCUT2D eigenvalue weighted by Gasteiger charge is 2.05. The number of benzene rings is 1. The maximum atomic E-state index is 12.3. The third-order valence-corrected chi connectivity index (χ3v) is 3.16. The summed E-state index contributed by atoms with van der Waals surface area (Å²) in [5.74, 6) is 0. The van der Waals surface area contributed by atoms with Crippen LogP contribution in [0.25, 0.3) is 0 Å². The minimum atomic E-state index is -0.347. The van der Waals surface area contributed by atoms with Gasteiger partial charge in [-0.1, -0.05) is 12.1 Å². The molecule has 0 saturated carbocycles. The van der Waals surface area contributed by atoms with Crippen LogP contribution in [0.15, 0.2) is 46.1 Å². The number of nitriles is 1. The molecule has 1 aromatic carbocycles. The van der Waals surface area contributed by atoms with Crippen LogP contribution < -0.4 is 17.0 Å². The van der Waals surface area contributed by atoms with Crippen molar-refractivity contribution in [2.45, 2.75) is 19.5 Å². The predicted molar refractivity (Wildman–Crippen MR) is 78.9 cm³/mol. The van der Waals surface area contributed by atoms with Gasteiger partial charge in [-0.05, 0) is 30.7 Å². The highest BCUT2D eigenvalue weighted by molar-refractivity contribution is 5.31. The molecule has 0 bridgehead atoms. The lowest BCUT2D eigenvalue weighted by atomic mass is 10.1. The van der Waals surface area contributed by atoms with Crippen molar-refractivity contribution in [2.24, 2.45) is 5.73 Å². The molecule has 0 aliphatic rings. The second-order valence-electron chi connectivity index (χ2n) is 4.67. The van der Waals surface area contributed by atoms with Crippen LogP contribution in [-0.4, -0.2) is 15.7 Å². The average Bonchev–Trinajstić information content (AvgIpc) is 2.51. The predicted octanol–water partition coefficient (Wildman–Crippen LogP) is 0.279. The zero-order valence-corrected chi connectivity index (χ0v) is 11.5. The van der Waals surface area contributed by atoms with Crippen LogP contribution in [0.1, 0.15) is 17.5 Å². The smallest absolute Gasteiger partial charge is 0.330 e. The molecule has 0 unspecified atom stereocenters. The summed E-state index contributed by atoms with van der Waals surface area (Å²) in [4.78, 5) is 24.0. The Balaban J connectivity index is 2.30. The fraction of sp³-hybridized carbons (Fsp3) is 0.267. The summed E-state index contributed by atoms with van der Waals surface area (Å²) in [7, 11) is 0. The second-order valence-corrected chi connectivity index (χ2v) is 4.67. The van der Waals surface area contributed by atoms with Crippen LogP contribution in [0.3, 0.4) is 0 Å². The summed E-state index contributed by atoms with van der Waals surface area (Å²) in [6.45, 7) is 1.10. The third kappa shape index (κ3) is 3.46. The van der Waals surface area contributed by atoms with Gasteiger partial charge in [0.05, 0.1) is 18.2 Å². The van der Waals surface area contributed by atoms with Gasteiger partial charge >= 0.3 is 5.69 Å². The van der Waals surface area contributed by atoms with Crippen LogP contribution in [0.5, 0.6) is 0 Å². The molecule has 0 fully saturated rings. The normalized spacial score (nSPS) is 10.3. The topological polar surface area (TPSA) is 93.8 Å². The Kier molecular flexibility index (Phi) is 4.69. The summed E-state index contributed by atoms with van der Waals surface area (Å²) in [5.41, 5.74) is 6.21. The van der Waals surface area contributed by atoms with Gasteiger partial charge in [0.15, 0.2) is 0 Å². The molecule has 0 saturated heterocycles. The van der Waals surface area contributed by atoms with Crippen LogP contribution in [0.2, 0.25) is 0 Å². The standard InChI is InChI=1S/C15H16N4O2/c16-7-1-8-19-14(20)6-9-18(15(19)21)11-13-4-2-12(10-17)3-5-13/h2-6,9H,1,7-8,11,16H2. The molecular weight excluding hydrogens is 268 g/mol. The first-order valence-corrected chi connectivity index (χ1v) is 6.65. The van der Waals surface area contributed by atoms with E-state index in [9.17, 15) is 9.59 Å². The minimum absolute atomic E-state index is 0.315. The number of nitrogens with two attached hydrogens (primary N) is 1. The minimum Gasteiger partial charge on any atom is -0.330 e. The Morgan fingerprint density at radius 1 is 1.14 bits per heavy atom. The van der Waals surface area contributed by atoms with Gasteiger partial charge in [-0.3, -0.25) is 13.9 Å². The first kappa shape index (κ1) is 14.8. The largest absolute Gasteiger partial charge is 0.331 e. The van der Waals surface area contributed by atoms with Crippen molar-refractivity contribution in [1.82, 2.24) is 9.13 Å². The fourth-order valence-corrected chi connectivity index (χ4v) is 2.01. The van der Waals surface area contributed by atoms with E-state index in [0.717, 1.165) is 5.56 Å². The number of rotatable bonds is 5. The molecule has 6 heteroatoms. The lowest BCUT2D eigenvalue weighted by Gasteiger charge is -2.09. The Bertz CT molecular complexity index is 766. The molecule has 21 heavy (non-hydrogen) atoms. The van der Waals surface area contributed by atoms with Crippen molar-refractivity contribution in [3.8, 4) is 6.07 Å². The molecule has 0 atom stereocenters. The molecule has 108 valence electrons. The molecule has 0 amide bonds. The Hall–Kier alpha value is -2.65. The van der Waals surface area contributed by atoms with Gasteiger partial charge < -0.3 is 5.73 Å². The maximum Gasteiger partial charge on any atom is 0.331 e. The van der Waals surface area contributed by atoms with Gasteiger partial charge in [-0.2, -0.15) is 5.26 Å². The van der Waals surface area contributed by atoms with Gasteiger partial charge in [0.2, 0.25) is 0 Å². The molecule has 6 nitrogen and oxygen atoms in total. The molecule has 0 aliphatic carbocycles. The summed E-state index contributed by atoms with van der Waals surface area (Å²) in [6.07, 6.45) is 2.07. The average molecular weight is 284 g/mol. The van der Waals surface area contributed by atoms with Gasteiger partial charge in [-0.15, -0.1) is 0 Å². The van der Waals surface area contributed by atoms with Crippen molar-refractivity contribution in [1.29, 1.82) is 5.26 Å². The molecular formula is C15H16N4O2. The Labute approximate surface area is 121 Å². The Morgan fingerprint density at radius 3 is 2.48 bits per heavy atom. The molecule has 2 aromatic rings. The van der Waals surface area contributed by atoms with Crippen LogP contribution in [0.4, 0.5) is 0 Å². The summed E-state index contributed by atoms with van der Waals surface area (Å²) >= 11 is 0. The van der Waals surface area contributed by atoms with Crippen molar-refractivity contribution in [2.75, 3.05) is 6.54 Å². The van der Waals surface area contributed by atoms with E-state index in [0.29, 0.717) is 31.6 Å². The van der Waals surface area contributed by atoms with E-state index in [1.54, 1.807) is 24.3 Å². The Morgan fingerprint density at radius 2 is 1.86 bits per heavy atom. The number of nitrogens with zero attached hydrogens (tertiary/aromatic N) is 3. The van der Waals surface area contributed by atoms with E-state index in [1.165, 1.54) is 21.4 Å². The fourth-order valence-electron chi connectivity index (χ4n) is 2.01. The molecule has 2 N–H and O–H groups in total. The zero-order chi connectivity index (χ0) is 15.2. The van der Waals surface area contributed by atoms with E-state index in [-0.39, 0.29) is 11.2 Å². The van der Waals surface area contributed by atoms with E-state index in [2.05, 4.69) is 0 Å². The number of aromatic nitrogens is 2. The van der Waals surface area contributed by atoms with Crippen molar-refractivity contribution in [3.05, 3.63) is 68.5 Å². The molecule has 0 aliphatic heterocycles. The van der Waals surface area contributed by atoms with E-state index >= 15 is 0 Å². The first-order chi connectivity index (χ1) is 10.2. The monoisotopic (exact) mass is 284 g/mol. The van der Waals surface area contributed by atoms with Gasteiger partial charge in [0, 0.05) is 18.8 Å². The third-order valence-electron chi connectivity index (χ3n) is 3.16. The van der Waals surface area contributed by atoms with Gasteiger partial charge in [0.1, 0.15) is 0 Å². The first-order valence-electron chi connectivity index (χ1n) is 6.65. The van der Waals surface area contributed by atoms with E-state index < -0.39 is 0 Å². The lowest BCUT2D eigenvalue weighted by Crippen LogP contribution is -2.39. The van der Waals surface area contributed by atoms with E-state index in [1.807, 2.05) is 6.07 Å². The summed E-state index contributed by atoms with van der Waals surface area (Å²) in [5, 5.41) is 8.76. The van der Waals surface area contributed by atoms with Crippen LogP contribution >= 0.6 is 0 Å². The van der Waals surface area contributed by atoms with Crippen molar-refractivity contribution in [3.63, 3.8) is 0 Å². The molecule has 0 radical (unpaired) electrons. The quantitative estimate of drug-likeness (QED) is 0.853. The number of hydrogen-bond donors (Lipinski definition) is 1. The molecule has 1 heterocycles. The van der Waals surface area contributed by atoms with E-state index in [4.69, 9.17) is 11.0 Å². The molecule has 0 spiro atoms. The van der Waals surface area contributed by atoms with Crippen molar-refractivity contribution >= 4 is 0 Å². The highest BCUT2D eigenvalue weighted by atomic mass is 16.2. The molecule has 1 aromatic heterocycles. The van der Waals surface area contributed by atoms with Crippen LogP contribution in [-0.2, 0) is 13.1 Å². The SMILES string of the molecule is N#Cc1ccc(Cn2ccc(=O)n(CCCN)c2=O)cc1. The summed E-state index contributed by atoms with van der Waals surface area (Å²) < 4.78 is 2.66. The van der Waals surface area contributed by atoms with Crippen LogP contribution in [0, 0.1) is 11.3 Å². The summed E-state index contributed by atoms with van der Waals surface area (Å²) in [6, 6.07) is 10.4. The second kappa shape index (κ2) is 6.68. The maximum absolute atomic E-state index is 12.3. The van der Waals surface area contributed by atoms with Crippen molar-refractivity contribution < 1.29 is 0 Å². The molecule has 2 rings (SSSR count). The highest BCUT2D eigenvalue weighted by Crippen LogP contribution is 2.04. The number of hydrogen-bond acceptors (Lipinski definition) is 4. The zero-order valence-electron chi connectivity index (χ0n) is 11.5. The van der Waals surface area contributed by atoms with Gasteiger partial charge in [-0.25, -0.2) is 4.79 Å². The van der Waals surface area contributed by atoms with Gasteiger partial charge in [0.25, 0.3) is 5.56 Å².